The molecule has 0 aliphatic carbocycles. The standard InChI is InChI=1S/C2H2N4.BrH/c1-2-4-6-5-3-1;/h1-2H;1H. The highest BCUT2D eigenvalue weighted by atomic mass is 79.9. The Morgan fingerprint density at radius 1 is 0.857 bits per heavy atom. The van der Waals surface area contributed by atoms with Crippen LogP contribution in [0.4, 0.5) is 0 Å². The molecule has 0 N–H and O–H groups in total. The lowest BCUT2D eigenvalue weighted by molar-refractivity contribution is 0.761. The number of hydrogen-bond donors (Lipinski definition) is 0. The molecule has 0 aliphatic rings. The molecular formula is C2H3BrN4. The molecule has 1 heterocycles. The van der Waals surface area contributed by atoms with Crippen molar-refractivity contribution < 1.29 is 0 Å². The van der Waals surface area contributed by atoms with Gasteiger partial charge in [-0.1, -0.05) is 0 Å². The fourth-order valence-corrected chi connectivity index (χ4v) is 0.165. The fourth-order valence-electron chi connectivity index (χ4n) is 0.165. The normalized spacial score (nSPS) is 6.86. The minimum Gasteiger partial charge on any atom is -0.136 e. The molecule has 0 unspecified atom stereocenters. The molecule has 38 valence electrons. The minimum atomic E-state index is 0. The van der Waals surface area contributed by atoms with Crippen molar-refractivity contribution in [3.8, 4) is 0 Å². The molecule has 0 atom stereocenters. The Morgan fingerprint density at radius 3 is 1.43 bits per heavy atom. The number of nitrogens with zero attached hydrogens (tertiary/aromatic N) is 4. The maximum absolute atomic E-state index is 3.36. The van der Waals surface area contributed by atoms with Gasteiger partial charge in [-0.2, -0.15) is 0 Å². The molecule has 1 rings (SSSR count). The van der Waals surface area contributed by atoms with Crippen molar-refractivity contribution in [1.29, 1.82) is 0 Å². The number of hydrogen-bond acceptors (Lipinski definition) is 4. The van der Waals surface area contributed by atoms with Crippen LogP contribution in [0.25, 0.3) is 0 Å². The highest BCUT2D eigenvalue weighted by Gasteiger charge is 1.61. The van der Waals surface area contributed by atoms with E-state index in [2.05, 4.69) is 20.6 Å². The first-order valence-electron chi connectivity index (χ1n) is 1.45. The molecule has 1 aromatic rings. The Hall–Kier alpha value is -0.580. The summed E-state index contributed by atoms with van der Waals surface area (Å²) in [5, 5.41) is 13.1. The van der Waals surface area contributed by atoms with Crippen molar-refractivity contribution in [2.45, 2.75) is 0 Å². The maximum atomic E-state index is 3.36. The van der Waals surface area contributed by atoms with Crippen LogP contribution in [-0.4, -0.2) is 20.6 Å². The Balaban J connectivity index is 0.000000360. The fraction of sp³-hybridized carbons (Fsp3) is 0. The molecule has 1 aromatic heterocycles. The minimum absolute atomic E-state index is 0. The average molecular weight is 163 g/mol. The highest BCUT2D eigenvalue weighted by molar-refractivity contribution is 8.93. The van der Waals surface area contributed by atoms with Gasteiger partial charge in [0, 0.05) is 0 Å². The maximum Gasteiger partial charge on any atom is 0.0716 e. The monoisotopic (exact) mass is 162 g/mol. The predicted molar refractivity (Wildman–Crippen MR) is 27.9 cm³/mol. The largest absolute Gasteiger partial charge is 0.136 e. The zero-order chi connectivity index (χ0) is 4.24. The van der Waals surface area contributed by atoms with Gasteiger partial charge in [0.1, 0.15) is 0 Å². The van der Waals surface area contributed by atoms with E-state index in [4.69, 9.17) is 0 Å². The van der Waals surface area contributed by atoms with Crippen LogP contribution in [0.5, 0.6) is 0 Å². The summed E-state index contributed by atoms with van der Waals surface area (Å²) >= 11 is 0. The van der Waals surface area contributed by atoms with Crippen molar-refractivity contribution >= 4 is 17.0 Å². The van der Waals surface area contributed by atoms with E-state index in [0.29, 0.717) is 0 Å². The van der Waals surface area contributed by atoms with Crippen LogP contribution < -0.4 is 0 Å². The van der Waals surface area contributed by atoms with Gasteiger partial charge in [-0.15, -0.1) is 27.2 Å². The smallest absolute Gasteiger partial charge is 0.0716 e. The van der Waals surface area contributed by atoms with Crippen LogP contribution in [0, 0.1) is 0 Å². The lowest BCUT2D eigenvalue weighted by atomic mass is 11.0. The first-order chi connectivity index (χ1) is 3.00. The van der Waals surface area contributed by atoms with Crippen LogP contribution in [0.3, 0.4) is 0 Å². The molecule has 0 fully saturated rings. The third-order valence-electron chi connectivity index (χ3n) is 0.343. The average Bonchev–Trinajstić information content (AvgIpc) is 1.72. The van der Waals surface area contributed by atoms with Gasteiger partial charge in [0.2, 0.25) is 0 Å². The van der Waals surface area contributed by atoms with E-state index in [1.807, 2.05) is 0 Å². The summed E-state index contributed by atoms with van der Waals surface area (Å²) < 4.78 is 0. The van der Waals surface area contributed by atoms with Crippen LogP contribution in [0.1, 0.15) is 0 Å². The van der Waals surface area contributed by atoms with Crippen LogP contribution in [-0.2, 0) is 0 Å². The molecule has 0 aliphatic heterocycles. The second-order valence-corrected chi connectivity index (χ2v) is 0.708. The Labute approximate surface area is 50.7 Å². The Morgan fingerprint density at radius 2 is 1.29 bits per heavy atom. The van der Waals surface area contributed by atoms with E-state index in [0.717, 1.165) is 0 Å². The molecule has 0 radical (unpaired) electrons. The molecule has 0 saturated heterocycles. The molecule has 0 spiro atoms. The summed E-state index contributed by atoms with van der Waals surface area (Å²) in [6, 6.07) is 0. The lowest BCUT2D eigenvalue weighted by Gasteiger charge is -1.67. The van der Waals surface area contributed by atoms with Crippen molar-refractivity contribution in [3.63, 3.8) is 0 Å². The summed E-state index contributed by atoms with van der Waals surface area (Å²) in [7, 11) is 0. The van der Waals surface area contributed by atoms with Gasteiger partial charge in [0.05, 0.1) is 12.4 Å². The van der Waals surface area contributed by atoms with Gasteiger partial charge >= 0.3 is 0 Å². The summed E-state index contributed by atoms with van der Waals surface area (Å²) in [6.07, 6.45) is 2.93. The van der Waals surface area contributed by atoms with Gasteiger partial charge in [-0.25, -0.2) is 0 Å². The molecular weight excluding hydrogens is 160 g/mol. The van der Waals surface area contributed by atoms with E-state index in [9.17, 15) is 0 Å². The molecule has 4 nitrogen and oxygen atoms in total. The van der Waals surface area contributed by atoms with Gasteiger partial charge in [0.25, 0.3) is 0 Å². The first kappa shape index (κ1) is 6.42. The van der Waals surface area contributed by atoms with Crippen LogP contribution in [0.15, 0.2) is 12.4 Å². The molecule has 5 heteroatoms. The summed E-state index contributed by atoms with van der Waals surface area (Å²) in [5.41, 5.74) is 0. The Kier molecular flexibility index (Phi) is 3.31. The van der Waals surface area contributed by atoms with Crippen molar-refractivity contribution in [1.82, 2.24) is 20.6 Å². The molecule has 0 aromatic carbocycles. The van der Waals surface area contributed by atoms with Gasteiger partial charge < -0.3 is 0 Å². The number of rotatable bonds is 0. The van der Waals surface area contributed by atoms with E-state index in [-0.39, 0.29) is 17.0 Å². The zero-order valence-corrected chi connectivity index (χ0v) is 5.06. The molecule has 0 amide bonds. The first-order valence-corrected chi connectivity index (χ1v) is 1.45. The second kappa shape index (κ2) is 3.60. The van der Waals surface area contributed by atoms with E-state index >= 15 is 0 Å². The molecule has 7 heavy (non-hydrogen) atoms. The third kappa shape index (κ3) is 2.16. The van der Waals surface area contributed by atoms with Crippen LogP contribution >= 0.6 is 17.0 Å². The number of aromatic nitrogens is 4. The predicted octanol–water partition coefficient (Wildman–Crippen LogP) is -0.156. The summed E-state index contributed by atoms with van der Waals surface area (Å²) in [5.74, 6) is 0. The van der Waals surface area contributed by atoms with Gasteiger partial charge in [0.15, 0.2) is 0 Å². The zero-order valence-electron chi connectivity index (χ0n) is 3.35. The number of halogens is 1. The lowest BCUT2D eigenvalue weighted by Crippen LogP contribution is -1.84. The highest BCUT2D eigenvalue weighted by Crippen LogP contribution is 1.53. The quantitative estimate of drug-likeness (QED) is 0.533. The SMILES string of the molecule is Br.c1cnnnn1. The van der Waals surface area contributed by atoms with Gasteiger partial charge in [-0.05, 0) is 10.4 Å². The Bertz CT molecular complexity index is 81.6. The second-order valence-electron chi connectivity index (χ2n) is 0.708. The van der Waals surface area contributed by atoms with Crippen LogP contribution in [0.2, 0.25) is 0 Å². The van der Waals surface area contributed by atoms with E-state index in [1.165, 1.54) is 12.4 Å². The van der Waals surface area contributed by atoms with E-state index < -0.39 is 0 Å². The van der Waals surface area contributed by atoms with Crippen molar-refractivity contribution in [2.75, 3.05) is 0 Å². The molecule has 0 saturated carbocycles. The third-order valence-corrected chi connectivity index (χ3v) is 0.343. The van der Waals surface area contributed by atoms with Crippen molar-refractivity contribution in [2.24, 2.45) is 0 Å². The molecule has 0 bridgehead atoms. The summed E-state index contributed by atoms with van der Waals surface area (Å²) in [6.45, 7) is 0. The van der Waals surface area contributed by atoms with Gasteiger partial charge in [-0.3, -0.25) is 0 Å². The van der Waals surface area contributed by atoms with E-state index in [1.54, 1.807) is 0 Å². The van der Waals surface area contributed by atoms with Crippen molar-refractivity contribution in [3.05, 3.63) is 12.4 Å². The summed E-state index contributed by atoms with van der Waals surface area (Å²) in [4.78, 5) is 0. The topological polar surface area (TPSA) is 51.6 Å².